The number of halogens is 1. The molecule has 1 N–H and O–H groups in total. The predicted molar refractivity (Wildman–Crippen MR) is 45.4 cm³/mol. The molecule has 4 heteroatoms. The normalized spacial score (nSPS) is 16.6. The van der Waals surface area contributed by atoms with E-state index in [1.807, 2.05) is 0 Å². The van der Waals surface area contributed by atoms with Crippen molar-refractivity contribution in [3.8, 4) is 0 Å². The Morgan fingerprint density at radius 2 is 2.18 bits per heavy atom. The van der Waals surface area contributed by atoms with Gasteiger partial charge in [0.1, 0.15) is 5.88 Å². The van der Waals surface area contributed by atoms with Gasteiger partial charge in [0.15, 0.2) is 0 Å². The second-order valence-electron chi connectivity index (χ2n) is 2.51. The second kappa shape index (κ2) is 4.34. The van der Waals surface area contributed by atoms with Gasteiger partial charge in [-0.25, -0.2) is 0 Å². The van der Waals surface area contributed by atoms with Crippen molar-refractivity contribution < 1.29 is 4.84 Å². The molecule has 0 atom stereocenters. The quantitative estimate of drug-likeness (QED) is 0.297. The summed E-state index contributed by atoms with van der Waals surface area (Å²) in [5.41, 5.74) is 1.06. The third-order valence-corrected chi connectivity index (χ3v) is 1.83. The van der Waals surface area contributed by atoms with Crippen LogP contribution in [0.3, 0.4) is 0 Å². The Hall–Kier alpha value is -0.570. The van der Waals surface area contributed by atoms with Gasteiger partial charge in [-0.1, -0.05) is 5.16 Å². The molecule has 1 rings (SSSR count). The van der Waals surface area contributed by atoms with Crippen molar-refractivity contribution in [2.24, 2.45) is 5.16 Å². The Balaban J connectivity index is 2.28. The first-order valence-corrected chi connectivity index (χ1v) is 4.22. The highest BCUT2D eigenvalue weighted by molar-refractivity contribution is 6.26. The topological polar surface area (TPSA) is 45.4 Å². The molecule has 1 aliphatic rings. The van der Waals surface area contributed by atoms with Gasteiger partial charge in [-0.2, -0.15) is 0 Å². The van der Waals surface area contributed by atoms with Crippen molar-refractivity contribution in [2.75, 3.05) is 5.88 Å². The maximum atomic E-state index is 7.04. The Morgan fingerprint density at radius 1 is 1.55 bits per heavy atom. The van der Waals surface area contributed by atoms with Crippen LogP contribution in [0.1, 0.15) is 25.7 Å². The van der Waals surface area contributed by atoms with Gasteiger partial charge in [-0.15, -0.1) is 11.6 Å². The van der Waals surface area contributed by atoms with E-state index in [0.717, 1.165) is 18.6 Å². The lowest BCUT2D eigenvalue weighted by molar-refractivity contribution is 0.321. The zero-order valence-electron chi connectivity index (χ0n) is 6.27. The first-order chi connectivity index (χ1) is 5.33. The molecule has 0 saturated heterocycles. The van der Waals surface area contributed by atoms with E-state index in [-0.39, 0.29) is 11.8 Å². The summed E-state index contributed by atoms with van der Waals surface area (Å²) in [5.74, 6) is 0.114. The number of nitrogens with zero attached hydrogens (tertiary/aromatic N) is 1. The second-order valence-corrected chi connectivity index (χ2v) is 2.78. The molecule has 62 valence electrons. The smallest absolute Gasteiger partial charge is 0.232 e. The van der Waals surface area contributed by atoms with Crippen LogP contribution in [0.4, 0.5) is 0 Å². The van der Waals surface area contributed by atoms with Gasteiger partial charge < -0.3 is 4.84 Å². The summed E-state index contributed by atoms with van der Waals surface area (Å²) in [6.07, 6.45) is 4.40. The lowest BCUT2D eigenvalue weighted by Gasteiger charge is -1.96. The number of hydrogen-bond donors (Lipinski definition) is 1. The minimum absolute atomic E-state index is 0.0195. The summed E-state index contributed by atoms with van der Waals surface area (Å²) >= 11 is 5.32. The highest BCUT2D eigenvalue weighted by Gasteiger charge is 2.08. The van der Waals surface area contributed by atoms with Gasteiger partial charge in [0.2, 0.25) is 5.90 Å². The third kappa shape index (κ3) is 2.89. The van der Waals surface area contributed by atoms with Crippen LogP contribution in [0.25, 0.3) is 0 Å². The van der Waals surface area contributed by atoms with Gasteiger partial charge in [0.05, 0.1) is 5.71 Å². The molecule has 3 nitrogen and oxygen atoms in total. The summed E-state index contributed by atoms with van der Waals surface area (Å²) in [6.45, 7) is 0. The number of hydrogen-bond acceptors (Lipinski definition) is 3. The average Bonchev–Trinajstić information content (AvgIpc) is 2.52. The minimum atomic E-state index is 0.0195. The number of alkyl halides is 1. The molecule has 0 amide bonds. The molecule has 0 radical (unpaired) electrons. The van der Waals surface area contributed by atoms with Gasteiger partial charge in [0, 0.05) is 0 Å². The maximum Gasteiger partial charge on any atom is 0.232 e. The molecule has 0 heterocycles. The van der Waals surface area contributed by atoms with Gasteiger partial charge in [-0.05, 0) is 25.7 Å². The van der Waals surface area contributed by atoms with E-state index in [1.165, 1.54) is 12.8 Å². The number of nitrogens with one attached hydrogen (secondary N) is 1. The molecule has 0 aliphatic heterocycles. The van der Waals surface area contributed by atoms with Crippen molar-refractivity contribution in [1.82, 2.24) is 0 Å². The number of oxime groups is 1. The predicted octanol–water partition coefficient (Wildman–Crippen LogP) is 2.15. The largest absolute Gasteiger partial charge is 0.341 e. The fraction of sp³-hybridized carbons (Fsp3) is 0.714. The van der Waals surface area contributed by atoms with E-state index >= 15 is 0 Å². The van der Waals surface area contributed by atoms with Crippen molar-refractivity contribution in [3.63, 3.8) is 0 Å². The Morgan fingerprint density at radius 3 is 2.73 bits per heavy atom. The van der Waals surface area contributed by atoms with Crippen LogP contribution >= 0.6 is 11.6 Å². The van der Waals surface area contributed by atoms with Crippen LogP contribution < -0.4 is 0 Å². The average molecular weight is 175 g/mol. The highest BCUT2D eigenvalue weighted by Crippen LogP contribution is 2.14. The SMILES string of the molecule is N=C(CCl)ON=C1CCCC1. The zero-order valence-corrected chi connectivity index (χ0v) is 7.02. The minimum Gasteiger partial charge on any atom is -0.341 e. The van der Waals surface area contributed by atoms with Crippen LogP contribution in [-0.2, 0) is 4.84 Å². The van der Waals surface area contributed by atoms with E-state index < -0.39 is 0 Å². The van der Waals surface area contributed by atoms with Crippen molar-refractivity contribution in [2.45, 2.75) is 25.7 Å². The molecular weight excluding hydrogens is 164 g/mol. The van der Waals surface area contributed by atoms with Crippen molar-refractivity contribution in [1.29, 1.82) is 5.41 Å². The number of rotatable bonds is 2. The Kier molecular flexibility index (Phi) is 3.36. The van der Waals surface area contributed by atoms with E-state index in [0.29, 0.717) is 0 Å². The lowest BCUT2D eigenvalue weighted by Crippen LogP contribution is -2.01. The van der Waals surface area contributed by atoms with Crippen LogP contribution in [0, 0.1) is 5.41 Å². The van der Waals surface area contributed by atoms with Crippen molar-refractivity contribution >= 4 is 23.2 Å². The molecule has 0 spiro atoms. The standard InChI is InChI=1S/C7H11ClN2O/c8-5-7(9)11-10-6-3-1-2-4-6/h9H,1-5H2. The van der Waals surface area contributed by atoms with Crippen LogP contribution in [-0.4, -0.2) is 17.5 Å². The van der Waals surface area contributed by atoms with E-state index in [2.05, 4.69) is 5.16 Å². The molecule has 11 heavy (non-hydrogen) atoms. The molecule has 1 saturated carbocycles. The summed E-state index contributed by atoms with van der Waals surface area (Å²) in [7, 11) is 0. The summed E-state index contributed by atoms with van der Waals surface area (Å²) in [6, 6.07) is 0. The summed E-state index contributed by atoms with van der Waals surface area (Å²) in [5, 5.41) is 10.8. The lowest BCUT2D eigenvalue weighted by atomic mass is 10.3. The highest BCUT2D eigenvalue weighted by atomic mass is 35.5. The molecule has 1 fully saturated rings. The van der Waals surface area contributed by atoms with Crippen molar-refractivity contribution in [3.05, 3.63) is 0 Å². The third-order valence-electron chi connectivity index (χ3n) is 1.59. The van der Waals surface area contributed by atoms with E-state index in [4.69, 9.17) is 21.8 Å². The van der Waals surface area contributed by atoms with Crippen LogP contribution in [0.15, 0.2) is 5.16 Å². The van der Waals surface area contributed by atoms with Gasteiger partial charge in [-0.3, -0.25) is 5.41 Å². The first kappa shape index (κ1) is 8.53. The summed E-state index contributed by atoms with van der Waals surface area (Å²) in [4.78, 5) is 4.71. The molecule has 0 aromatic heterocycles. The first-order valence-electron chi connectivity index (χ1n) is 3.69. The zero-order chi connectivity index (χ0) is 8.10. The van der Waals surface area contributed by atoms with Gasteiger partial charge in [0.25, 0.3) is 0 Å². The molecule has 1 aliphatic carbocycles. The van der Waals surface area contributed by atoms with Crippen LogP contribution in [0.2, 0.25) is 0 Å². The molecule has 0 bridgehead atoms. The Bertz CT molecular complexity index is 171. The molecular formula is C7H11ClN2O. The Labute approximate surface area is 70.9 Å². The monoisotopic (exact) mass is 174 g/mol. The van der Waals surface area contributed by atoms with E-state index in [9.17, 15) is 0 Å². The van der Waals surface area contributed by atoms with E-state index in [1.54, 1.807) is 0 Å². The fourth-order valence-corrected chi connectivity index (χ4v) is 1.07. The van der Waals surface area contributed by atoms with Gasteiger partial charge >= 0.3 is 0 Å². The summed E-state index contributed by atoms with van der Waals surface area (Å²) < 4.78 is 0. The fourth-order valence-electron chi connectivity index (χ4n) is 1.02. The molecule has 0 aromatic carbocycles. The molecule has 0 unspecified atom stereocenters. The molecule has 0 aromatic rings. The van der Waals surface area contributed by atoms with Crippen LogP contribution in [0.5, 0.6) is 0 Å². The maximum absolute atomic E-state index is 7.04.